The number of carbonyl (C=O) groups excluding carboxylic acids is 4. The molecule has 1 aliphatic heterocycles. The molecule has 0 spiro atoms. The predicted octanol–water partition coefficient (Wildman–Crippen LogP) is 1.66. The number of rotatable bonds is 3. The summed E-state index contributed by atoms with van der Waals surface area (Å²) in [6, 6.07) is 3.33. The average molecular weight is 440 g/mol. The molecule has 0 aliphatic carbocycles. The second-order valence-electron chi connectivity index (χ2n) is 4.42. The van der Waals surface area contributed by atoms with E-state index in [1.165, 1.54) is 0 Å². The molecule has 0 aromatic heterocycles. The summed E-state index contributed by atoms with van der Waals surface area (Å²) in [5.41, 5.74) is -0.220. The van der Waals surface area contributed by atoms with E-state index in [9.17, 15) is 24.3 Å². The molecule has 0 bridgehead atoms. The molecule has 0 radical (unpaired) electrons. The van der Waals surface area contributed by atoms with Crippen LogP contribution >= 0.6 is 18.7 Å². The number of fused-ring (bicyclic) bond motifs is 1. The van der Waals surface area contributed by atoms with Gasteiger partial charge in [-0.2, -0.15) is 0 Å². The molecule has 0 amide bonds. The second kappa shape index (κ2) is 5.37. The number of hydrogen-bond donors (Lipinski definition) is 1. The van der Waals surface area contributed by atoms with Crippen LogP contribution in [0, 0.1) is 3.57 Å². The average Bonchev–Trinajstić information content (AvgIpc) is 2.55. The van der Waals surface area contributed by atoms with Crippen molar-refractivity contribution in [3.8, 4) is 5.75 Å². The minimum absolute atomic E-state index is 0.182. The molecular weight excluding hydrogens is 427 g/mol. The van der Waals surface area contributed by atoms with E-state index in [0.717, 1.165) is 39.0 Å². The van der Waals surface area contributed by atoms with E-state index in [1.807, 2.05) is 0 Å². The van der Waals surface area contributed by atoms with Gasteiger partial charge >= 0.3 is 133 Å². The van der Waals surface area contributed by atoms with Crippen LogP contribution in [0.5, 0.6) is 5.75 Å². The van der Waals surface area contributed by atoms with Gasteiger partial charge in [0.2, 0.25) is 0 Å². The minimum atomic E-state index is -6.17. The Bertz CT molecular complexity index is 695. The number of halogens is 1. The molecule has 1 aromatic carbocycles. The molecule has 0 fully saturated rings. The van der Waals surface area contributed by atoms with E-state index in [-0.39, 0.29) is 14.9 Å². The molecule has 0 atom stereocenters. The molecule has 0 unspecified atom stereocenters. The van der Waals surface area contributed by atoms with Gasteiger partial charge in [-0.05, 0) is 0 Å². The molecule has 1 aliphatic rings. The van der Waals surface area contributed by atoms with Crippen molar-refractivity contribution >= 4 is 42.6 Å². The fourth-order valence-corrected chi connectivity index (χ4v) is 9.64. The van der Waals surface area contributed by atoms with Gasteiger partial charge in [0.15, 0.2) is 0 Å². The van der Waals surface area contributed by atoms with E-state index in [1.54, 1.807) is 0 Å². The third-order valence-electron chi connectivity index (χ3n) is 2.43. The van der Waals surface area contributed by atoms with E-state index in [4.69, 9.17) is 12.3 Å². The Morgan fingerprint density at radius 3 is 1.91 bits per heavy atom. The Balaban J connectivity index is 2.83. The van der Waals surface area contributed by atoms with Crippen molar-refractivity contribution in [2.24, 2.45) is 0 Å². The maximum atomic E-state index is 12.1. The molecule has 0 saturated heterocycles. The van der Waals surface area contributed by atoms with Crippen molar-refractivity contribution in [3.63, 3.8) is 0 Å². The zero-order valence-corrected chi connectivity index (χ0v) is 14.5. The van der Waals surface area contributed by atoms with Gasteiger partial charge in [0.1, 0.15) is 0 Å². The van der Waals surface area contributed by atoms with E-state index in [2.05, 4.69) is 0 Å². The summed E-state index contributed by atoms with van der Waals surface area (Å²) in [6.45, 7) is 2.94. The topological polar surface area (TPSA) is 125 Å². The molecule has 23 heavy (non-hydrogen) atoms. The summed E-state index contributed by atoms with van der Waals surface area (Å²) in [6.07, 6.45) is 0. The van der Waals surface area contributed by atoms with Crippen LogP contribution in [0.1, 0.15) is 31.1 Å². The number of hydrogen-bond acceptors (Lipinski definition) is 9. The van der Waals surface area contributed by atoms with Crippen LogP contribution in [0.3, 0.4) is 0 Å². The van der Waals surface area contributed by atoms with Gasteiger partial charge in [-0.15, -0.1) is 0 Å². The van der Waals surface area contributed by atoms with Gasteiger partial charge in [-0.3, -0.25) is 0 Å². The Morgan fingerprint density at radius 2 is 1.48 bits per heavy atom. The number of benzene rings is 1. The molecule has 2 rings (SSSR count). The first-order chi connectivity index (χ1) is 10.6. The molecule has 1 N–H and O–H groups in total. The molecule has 126 valence electrons. The Labute approximate surface area is 133 Å². The van der Waals surface area contributed by atoms with E-state index >= 15 is 0 Å². The van der Waals surface area contributed by atoms with Gasteiger partial charge in [0.05, 0.1) is 0 Å². The van der Waals surface area contributed by atoms with Crippen molar-refractivity contribution < 1.29 is 36.5 Å². The molecule has 10 heteroatoms. The van der Waals surface area contributed by atoms with Crippen molar-refractivity contribution in [3.05, 3.63) is 27.3 Å². The van der Waals surface area contributed by atoms with Gasteiger partial charge in [0.25, 0.3) is 0 Å². The molecule has 0 saturated carbocycles. The van der Waals surface area contributed by atoms with Crippen LogP contribution in [0.15, 0.2) is 18.2 Å². The summed E-state index contributed by atoms with van der Waals surface area (Å²) in [4.78, 5) is 46.8. The molecule has 9 nitrogen and oxygen atoms in total. The van der Waals surface area contributed by atoms with Crippen LogP contribution in [-0.2, 0) is 26.6 Å². The first-order valence-electron chi connectivity index (χ1n) is 6.15. The van der Waals surface area contributed by atoms with Gasteiger partial charge < -0.3 is 0 Å². The Morgan fingerprint density at radius 1 is 1.00 bits per heavy atom. The zero-order chi connectivity index (χ0) is 17.4. The predicted molar refractivity (Wildman–Crippen MR) is 81.5 cm³/mol. The van der Waals surface area contributed by atoms with Crippen molar-refractivity contribution in [2.45, 2.75) is 20.8 Å². The number of phenols is 1. The number of aromatic hydroxyl groups is 1. The Hall–Kier alpha value is -2.37. The van der Waals surface area contributed by atoms with Crippen LogP contribution in [0.2, 0.25) is 0 Å². The summed E-state index contributed by atoms with van der Waals surface area (Å²) >= 11 is -6.17. The summed E-state index contributed by atoms with van der Waals surface area (Å²) in [5, 5.41) is 9.50. The fraction of sp³-hybridized carbons (Fsp3) is 0.231. The monoisotopic (exact) mass is 440 g/mol. The summed E-state index contributed by atoms with van der Waals surface area (Å²) in [7, 11) is 0. The van der Waals surface area contributed by atoms with E-state index in [0.29, 0.717) is 0 Å². The second-order valence-corrected chi connectivity index (χ2v) is 11.3. The van der Waals surface area contributed by atoms with Crippen LogP contribution in [0.4, 0.5) is 0 Å². The standard InChI is InChI=1S/C13H13IO9/c1-7(15)20-14(21-8(2)16,22-9(3)17)12-5-4-10(18)6-11(12)13(19)23-14/h4-6,18H,1-3H3. The third kappa shape index (κ3) is 2.81. The normalized spacial score (nSPS) is 18.6. The zero-order valence-electron chi connectivity index (χ0n) is 12.3. The summed E-state index contributed by atoms with van der Waals surface area (Å²) < 4.78 is 20.2. The van der Waals surface area contributed by atoms with Crippen molar-refractivity contribution in [1.29, 1.82) is 0 Å². The SMILES string of the molecule is CC(=O)OI1(OC(C)=O)(OC(C)=O)OC(=O)c2cc(O)ccc21. The van der Waals surface area contributed by atoms with Crippen molar-refractivity contribution in [2.75, 3.05) is 0 Å². The van der Waals surface area contributed by atoms with E-state index < -0.39 is 42.6 Å². The fourth-order valence-electron chi connectivity index (χ4n) is 1.92. The molecule has 1 aromatic rings. The first-order valence-corrected chi connectivity index (χ1v) is 10.8. The Kier molecular flexibility index (Phi) is 3.96. The summed E-state index contributed by atoms with van der Waals surface area (Å²) in [5.74, 6) is -4.25. The number of phenolic OH excluding ortho intramolecular Hbond substituents is 1. The quantitative estimate of drug-likeness (QED) is 0.699. The van der Waals surface area contributed by atoms with Crippen LogP contribution in [0.25, 0.3) is 0 Å². The first kappa shape index (κ1) is 17.0. The molecular formula is C13H13IO9. The van der Waals surface area contributed by atoms with Gasteiger partial charge in [-0.25, -0.2) is 0 Å². The van der Waals surface area contributed by atoms with Gasteiger partial charge in [0, 0.05) is 0 Å². The van der Waals surface area contributed by atoms with Crippen molar-refractivity contribution in [1.82, 2.24) is 0 Å². The van der Waals surface area contributed by atoms with Gasteiger partial charge in [-0.1, -0.05) is 0 Å². The third-order valence-corrected chi connectivity index (χ3v) is 10.6. The van der Waals surface area contributed by atoms with Crippen LogP contribution < -0.4 is 0 Å². The molecule has 1 heterocycles. The number of carbonyl (C=O) groups is 4. The maximum absolute atomic E-state index is 12.1. The van der Waals surface area contributed by atoms with Crippen LogP contribution in [-0.4, -0.2) is 29.0 Å².